The van der Waals surface area contributed by atoms with Gasteiger partial charge in [0.15, 0.2) is 10.3 Å². The van der Waals surface area contributed by atoms with Crippen LogP contribution in [-0.4, -0.2) is 4.98 Å². The van der Waals surface area contributed by atoms with E-state index in [0.717, 1.165) is 4.88 Å². The third-order valence-electron chi connectivity index (χ3n) is 1.93. The molecule has 0 spiro atoms. The molecule has 16 heavy (non-hydrogen) atoms. The van der Waals surface area contributed by atoms with Crippen LogP contribution in [0.4, 0.5) is 10.1 Å². The van der Waals surface area contributed by atoms with Crippen LogP contribution in [0.25, 0.3) is 0 Å². The highest BCUT2D eigenvalue weighted by atomic mass is 35.5. The van der Waals surface area contributed by atoms with E-state index in [2.05, 4.69) is 10.3 Å². The van der Waals surface area contributed by atoms with Crippen LogP contribution >= 0.6 is 34.5 Å². The van der Waals surface area contributed by atoms with Gasteiger partial charge in [0.05, 0.1) is 17.3 Å². The van der Waals surface area contributed by atoms with E-state index in [9.17, 15) is 4.39 Å². The predicted octanol–water partition coefficient (Wildman–Crippen LogP) is 4.20. The molecule has 0 saturated carbocycles. The zero-order valence-corrected chi connectivity index (χ0v) is 10.3. The second-order valence-corrected chi connectivity index (χ2v) is 5.14. The van der Waals surface area contributed by atoms with Crippen molar-refractivity contribution in [3.63, 3.8) is 0 Å². The fraction of sp³-hybridized carbons (Fsp3) is 0.100. The van der Waals surface area contributed by atoms with Crippen molar-refractivity contribution in [2.75, 3.05) is 5.32 Å². The minimum Gasteiger partial charge on any atom is -0.378 e. The molecule has 0 amide bonds. The molecule has 0 radical (unpaired) electrons. The van der Waals surface area contributed by atoms with Gasteiger partial charge in [-0.15, -0.1) is 11.3 Å². The average molecular weight is 277 g/mol. The summed E-state index contributed by atoms with van der Waals surface area (Å²) in [7, 11) is 0. The summed E-state index contributed by atoms with van der Waals surface area (Å²) in [6.45, 7) is 0.474. The molecule has 0 bridgehead atoms. The van der Waals surface area contributed by atoms with Gasteiger partial charge in [0.2, 0.25) is 0 Å². The number of aromatic nitrogens is 1. The summed E-state index contributed by atoms with van der Waals surface area (Å²) in [6, 6.07) is 4.82. The van der Waals surface area contributed by atoms with Crippen molar-refractivity contribution in [3.05, 3.63) is 44.6 Å². The number of halogens is 3. The van der Waals surface area contributed by atoms with Crippen molar-refractivity contribution >= 4 is 40.2 Å². The van der Waals surface area contributed by atoms with E-state index < -0.39 is 5.82 Å². The number of hydrogen-bond donors (Lipinski definition) is 1. The molecule has 2 aromatic rings. The van der Waals surface area contributed by atoms with Gasteiger partial charge < -0.3 is 5.32 Å². The summed E-state index contributed by atoms with van der Waals surface area (Å²) in [5.74, 6) is -0.445. The quantitative estimate of drug-likeness (QED) is 0.909. The Hall–Kier alpha value is -0.840. The number of nitrogens with zero attached hydrogens (tertiary/aromatic N) is 1. The zero-order valence-electron chi connectivity index (χ0n) is 8.01. The van der Waals surface area contributed by atoms with Crippen molar-refractivity contribution in [2.24, 2.45) is 0 Å². The summed E-state index contributed by atoms with van der Waals surface area (Å²) >= 11 is 12.7. The first-order chi connectivity index (χ1) is 7.66. The first-order valence-corrected chi connectivity index (χ1v) is 6.02. The fourth-order valence-corrected chi connectivity index (χ4v) is 2.28. The van der Waals surface area contributed by atoms with Gasteiger partial charge in [-0.3, -0.25) is 0 Å². The molecule has 0 unspecified atom stereocenters. The molecule has 1 N–H and O–H groups in total. The van der Waals surface area contributed by atoms with Crippen LogP contribution in [0.15, 0.2) is 24.4 Å². The van der Waals surface area contributed by atoms with Gasteiger partial charge >= 0.3 is 0 Å². The summed E-state index contributed by atoms with van der Waals surface area (Å²) in [5, 5.41) is 3.04. The summed E-state index contributed by atoms with van der Waals surface area (Å²) in [4.78, 5) is 4.83. The second-order valence-electron chi connectivity index (χ2n) is 3.03. The Morgan fingerprint density at radius 1 is 1.38 bits per heavy atom. The fourth-order valence-electron chi connectivity index (χ4n) is 1.19. The monoisotopic (exact) mass is 276 g/mol. The lowest BCUT2D eigenvalue weighted by molar-refractivity contribution is 0.630. The van der Waals surface area contributed by atoms with Crippen molar-refractivity contribution in [3.8, 4) is 0 Å². The Balaban J connectivity index is 2.07. The summed E-state index contributed by atoms with van der Waals surface area (Å²) in [6.07, 6.45) is 1.66. The highest BCUT2D eigenvalue weighted by Crippen LogP contribution is 2.24. The minimum absolute atomic E-state index is 0.104. The summed E-state index contributed by atoms with van der Waals surface area (Å²) in [5.41, 5.74) is 0.372. The lowest BCUT2D eigenvalue weighted by atomic mass is 10.3. The molecule has 2 rings (SSSR count). The molecule has 1 aromatic carbocycles. The van der Waals surface area contributed by atoms with E-state index in [4.69, 9.17) is 23.2 Å². The molecule has 0 atom stereocenters. The molecule has 0 aliphatic heterocycles. The number of thiazole rings is 1. The smallest absolute Gasteiger partial charge is 0.183 e. The SMILES string of the molecule is Fc1c(Cl)cccc1NCc1cnc(Cl)s1. The first-order valence-electron chi connectivity index (χ1n) is 4.45. The Labute approximate surface area is 106 Å². The highest BCUT2D eigenvalue weighted by molar-refractivity contribution is 7.15. The summed E-state index contributed by atoms with van der Waals surface area (Å²) < 4.78 is 14.0. The van der Waals surface area contributed by atoms with Gasteiger partial charge in [0.25, 0.3) is 0 Å². The third-order valence-corrected chi connectivity index (χ3v) is 3.34. The van der Waals surface area contributed by atoms with Crippen molar-refractivity contribution < 1.29 is 4.39 Å². The standard InChI is InChI=1S/C10H7Cl2FN2S/c11-7-2-1-3-8(9(7)13)14-4-6-5-15-10(12)16-6/h1-3,5,14H,4H2. The lowest BCUT2D eigenvalue weighted by Gasteiger charge is -2.06. The zero-order chi connectivity index (χ0) is 11.5. The Bertz CT molecular complexity index is 501. The Kier molecular flexibility index (Phi) is 3.63. The molecule has 1 aromatic heterocycles. The maximum absolute atomic E-state index is 13.5. The van der Waals surface area contributed by atoms with Crippen LogP contribution in [-0.2, 0) is 6.54 Å². The topological polar surface area (TPSA) is 24.9 Å². The maximum Gasteiger partial charge on any atom is 0.183 e. The minimum atomic E-state index is -0.445. The molecule has 1 heterocycles. The van der Waals surface area contributed by atoms with Crippen LogP contribution in [0, 0.1) is 5.82 Å². The number of hydrogen-bond acceptors (Lipinski definition) is 3. The second kappa shape index (κ2) is 4.99. The number of nitrogens with one attached hydrogen (secondary N) is 1. The molecular weight excluding hydrogens is 270 g/mol. The van der Waals surface area contributed by atoms with Gasteiger partial charge in [-0.1, -0.05) is 29.3 Å². The van der Waals surface area contributed by atoms with Crippen molar-refractivity contribution in [1.82, 2.24) is 4.98 Å². The molecule has 2 nitrogen and oxygen atoms in total. The normalized spacial score (nSPS) is 10.4. The molecule has 84 valence electrons. The number of benzene rings is 1. The largest absolute Gasteiger partial charge is 0.378 e. The molecule has 0 aliphatic rings. The van der Waals surface area contributed by atoms with Crippen molar-refractivity contribution in [1.29, 1.82) is 0 Å². The number of anilines is 1. The van der Waals surface area contributed by atoms with Gasteiger partial charge in [0.1, 0.15) is 0 Å². The molecule has 0 fully saturated rings. The van der Waals surface area contributed by atoms with Crippen LogP contribution in [0.1, 0.15) is 4.88 Å². The molecule has 0 aliphatic carbocycles. The van der Waals surface area contributed by atoms with E-state index in [1.54, 1.807) is 18.3 Å². The van der Waals surface area contributed by atoms with Gasteiger partial charge in [-0.2, -0.15) is 0 Å². The third kappa shape index (κ3) is 2.64. The van der Waals surface area contributed by atoms with Crippen LogP contribution in [0.2, 0.25) is 9.49 Å². The van der Waals surface area contributed by atoms with Gasteiger partial charge in [-0.25, -0.2) is 9.37 Å². The molecule has 0 saturated heterocycles. The van der Waals surface area contributed by atoms with Crippen LogP contribution < -0.4 is 5.32 Å². The van der Waals surface area contributed by atoms with E-state index in [0.29, 0.717) is 16.7 Å². The molecular formula is C10H7Cl2FN2S. The van der Waals surface area contributed by atoms with Gasteiger partial charge in [0, 0.05) is 11.1 Å². The maximum atomic E-state index is 13.5. The van der Waals surface area contributed by atoms with Crippen LogP contribution in [0.5, 0.6) is 0 Å². The van der Waals surface area contributed by atoms with E-state index in [1.807, 2.05) is 0 Å². The van der Waals surface area contributed by atoms with Crippen molar-refractivity contribution in [2.45, 2.75) is 6.54 Å². The highest BCUT2D eigenvalue weighted by Gasteiger charge is 2.06. The van der Waals surface area contributed by atoms with E-state index in [-0.39, 0.29) is 5.02 Å². The number of rotatable bonds is 3. The first kappa shape index (κ1) is 11.6. The Morgan fingerprint density at radius 3 is 2.88 bits per heavy atom. The Morgan fingerprint density at radius 2 is 2.19 bits per heavy atom. The van der Waals surface area contributed by atoms with E-state index in [1.165, 1.54) is 17.4 Å². The average Bonchev–Trinajstić information content (AvgIpc) is 2.67. The van der Waals surface area contributed by atoms with Gasteiger partial charge in [-0.05, 0) is 12.1 Å². The molecule has 6 heteroatoms. The van der Waals surface area contributed by atoms with Crippen LogP contribution in [0.3, 0.4) is 0 Å². The predicted molar refractivity (Wildman–Crippen MR) is 65.9 cm³/mol. The lowest BCUT2D eigenvalue weighted by Crippen LogP contribution is -1.99. The van der Waals surface area contributed by atoms with E-state index >= 15 is 0 Å².